The average Bonchev–Trinajstić information content (AvgIpc) is 3.15. The number of aromatic nitrogens is 1. The van der Waals surface area contributed by atoms with E-state index in [-0.39, 0.29) is 12.8 Å². The number of benzene rings is 1. The topological polar surface area (TPSA) is 111 Å². The van der Waals surface area contributed by atoms with Gasteiger partial charge in [-0.25, -0.2) is 4.98 Å². The Morgan fingerprint density at radius 3 is 2.78 bits per heavy atom. The molecule has 198 valence electrons. The van der Waals surface area contributed by atoms with E-state index in [9.17, 15) is 22.8 Å². The van der Waals surface area contributed by atoms with Crippen molar-refractivity contribution < 1.29 is 27.5 Å². The summed E-state index contributed by atoms with van der Waals surface area (Å²) in [5.74, 6) is -0.712. The van der Waals surface area contributed by atoms with E-state index in [2.05, 4.69) is 15.6 Å². The Labute approximate surface area is 212 Å². The number of rotatable bonds is 8. The van der Waals surface area contributed by atoms with E-state index in [1.807, 2.05) is 0 Å². The van der Waals surface area contributed by atoms with Crippen LogP contribution in [0.5, 0.6) is 0 Å². The molecule has 0 bridgehead atoms. The predicted molar refractivity (Wildman–Crippen MR) is 132 cm³/mol. The number of nitrogens with zero attached hydrogens (tertiary/aromatic N) is 3. The Bertz CT molecular complexity index is 1200. The van der Waals surface area contributed by atoms with Crippen molar-refractivity contribution in [2.45, 2.75) is 45.1 Å². The van der Waals surface area contributed by atoms with Gasteiger partial charge in [0.1, 0.15) is 25.1 Å². The van der Waals surface area contributed by atoms with E-state index < -0.39 is 31.1 Å². The van der Waals surface area contributed by atoms with E-state index in [1.54, 1.807) is 37.4 Å². The summed E-state index contributed by atoms with van der Waals surface area (Å²) >= 11 is 0. The second kappa shape index (κ2) is 10.8. The minimum Gasteiger partial charge on any atom is -0.359 e. The standard InChI is InChI=1S/C25H29F3N6O3/c1-15(29)18-10-17(11-30-23(18)32-20-8-3-4-9-37-20)31-19-7-5-6-16-12-34(24(36)22(16)19)13-21(35)33(2)14-25(26,27)28/h5-7,10-11,20,29,31H,3-4,8-9,12-14H2,1-2H3,(H,30,32). The van der Waals surface area contributed by atoms with Gasteiger partial charge in [-0.15, -0.1) is 0 Å². The molecule has 0 saturated carbocycles. The lowest BCUT2D eigenvalue weighted by Gasteiger charge is -2.25. The molecular formula is C25H29F3N6O3. The van der Waals surface area contributed by atoms with Gasteiger partial charge in [0, 0.05) is 31.5 Å². The molecule has 1 unspecified atom stereocenters. The zero-order chi connectivity index (χ0) is 26.7. The summed E-state index contributed by atoms with van der Waals surface area (Å²) in [6.07, 6.45) is -0.191. The van der Waals surface area contributed by atoms with E-state index in [1.165, 1.54) is 4.90 Å². The molecule has 2 aliphatic heterocycles. The van der Waals surface area contributed by atoms with Crippen molar-refractivity contribution >= 4 is 34.7 Å². The minimum atomic E-state index is -4.52. The zero-order valence-electron chi connectivity index (χ0n) is 20.6. The Balaban J connectivity index is 1.50. The number of pyridine rings is 1. The van der Waals surface area contributed by atoms with Gasteiger partial charge in [-0.1, -0.05) is 12.1 Å². The first kappa shape index (κ1) is 26.4. The molecule has 1 saturated heterocycles. The third-order valence-corrected chi connectivity index (χ3v) is 6.23. The SMILES string of the molecule is CC(=N)c1cc(Nc2cccc3c2C(=O)N(CC(=O)N(C)CC(F)(F)F)C3)cnc1NC1CCCCO1. The molecule has 3 heterocycles. The van der Waals surface area contributed by atoms with Crippen molar-refractivity contribution in [1.29, 1.82) is 5.41 Å². The van der Waals surface area contributed by atoms with Crippen LogP contribution in [0.3, 0.4) is 0 Å². The summed E-state index contributed by atoms with van der Waals surface area (Å²) in [5, 5.41) is 14.6. The molecule has 2 aliphatic rings. The Morgan fingerprint density at radius 2 is 2.11 bits per heavy atom. The Morgan fingerprint density at radius 1 is 1.32 bits per heavy atom. The molecule has 3 N–H and O–H groups in total. The number of carbonyl (C=O) groups is 2. The first-order valence-electron chi connectivity index (χ1n) is 11.9. The van der Waals surface area contributed by atoms with Gasteiger partial charge in [0.05, 0.1) is 23.1 Å². The van der Waals surface area contributed by atoms with Gasteiger partial charge in [0.2, 0.25) is 5.91 Å². The number of nitrogens with one attached hydrogen (secondary N) is 3. The molecule has 1 atom stereocenters. The van der Waals surface area contributed by atoms with Crippen molar-refractivity contribution in [1.82, 2.24) is 14.8 Å². The second-order valence-electron chi connectivity index (χ2n) is 9.24. The van der Waals surface area contributed by atoms with Gasteiger partial charge < -0.3 is 30.6 Å². The monoisotopic (exact) mass is 518 g/mol. The van der Waals surface area contributed by atoms with Crippen LogP contribution in [0.25, 0.3) is 0 Å². The van der Waals surface area contributed by atoms with Crippen molar-refractivity contribution in [3.63, 3.8) is 0 Å². The quantitative estimate of drug-likeness (QED) is 0.454. The third-order valence-electron chi connectivity index (χ3n) is 6.23. The van der Waals surface area contributed by atoms with Crippen LogP contribution < -0.4 is 10.6 Å². The van der Waals surface area contributed by atoms with Crippen LogP contribution in [0.4, 0.5) is 30.4 Å². The molecule has 0 aliphatic carbocycles. The first-order valence-corrected chi connectivity index (χ1v) is 11.9. The fourth-order valence-corrected chi connectivity index (χ4v) is 4.39. The van der Waals surface area contributed by atoms with Crippen molar-refractivity contribution in [2.24, 2.45) is 0 Å². The molecule has 9 nitrogen and oxygen atoms in total. The number of fused-ring (bicyclic) bond motifs is 1. The lowest BCUT2D eigenvalue weighted by molar-refractivity contribution is -0.158. The van der Waals surface area contributed by atoms with E-state index in [0.717, 1.165) is 26.3 Å². The number of alkyl halides is 3. The summed E-state index contributed by atoms with van der Waals surface area (Å²) in [6, 6.07) is 6.95. The molecule has 1 aromatic heterocycles. The molecule has 4 rings (SSSR count). The smallest absolute Gasteiger partial charge is 0.359 e. The van der Waals surface area contributed by atoms with E-state index in [4.69, 9.17) is 10.1 Å². The highest BCUT2D eigenvalue weighted by Gasteiger charge is 2.35. The van der Waals surface area contributed by atoms with Crippen LogP contribution in [0.2, 0.25) is 0 Å². The van der Waals surface area contributed by atoms with Crippen LogP contribution in [0.1, 0.15) is 47.7 Å². The zero-order valence-corrected chi connectivity index (χ0v) is 20.6. The van der Waals surface area contributed by atoms with E-state index >= 15 is 0 Å². The Hall–Kier alpha value is -3.67. The Kier molecular flexibility index (Phi) is 7.67. The van der Waals surface area contributed by atoms with Gasteiger partial charge >= 0.3 is 6.18 Å². The number of ether oxygens (including phenoxy) is 1. The van der Waals surface area contributed by atoms with Crippen LogP contribution in [-0.4, -0.2) is 71.5 Å². The first-order chi connectivity index (χ1) is 17.5. The maximum Gasteiger partial charge on any atom is 0.406 e. The average molecular weight is 519 g/mol. The van der Waals surface area contributed by atoms with Crippen LogP contribution in [-0.2, 0) is 16.1 Å². The van der Waals surface area contributed by atoms with E-state index in [0.29, 0.717) is 51.1 Å². The van der Waals surface area contributed by atoms with Crippen molar-refractivity contribution in [3.8, 4) is 0 Å². The summed E-state index contributed by atoms with van der Waals surface area (Å²) in [5.41, 5.74) is 2.92. The number of likely N-dealkylation sites (N-methyl/N-ethyl adjacent to an activating group) is 1. The fraction of sp³-hybridized carbons (Fsp3) is 0.440. The molecule has 37 heavy (non-hydrogen) atoms. The fourth-order valence-electron chi connectivity index (χ4n) is 4.39. The number of halogens is 3. The van der Waals surface area contributed by atoms with Crippen LogP contribution in [0, 0.1) is 5.41 Å². The van der Waals surface area contributed by atoms with Crippen molar-refractivity contribution in [2.75, 3.05) is 37.4 Å². The summed E-state index contributed by atoms with van der Waals surface area (Å²) in [6.45, 7) is 0.601. The number of hydrogen-bond donors (Lipinski definition) is 3. The highest BCUT2D eigenvalue weighted by Crippen LogP contribution is 2.32. The lowest BCUT2D eigenvalue weighted by atomic mass is 10.1. The molecular weight excluding hydrogens is 489 g/mol. The second-order valence-corrected chi connectivity index (χ2v) is 9.24. The summed E-state index contributed by atoms with van der Waals surface area (Å²) in [4.78, 5) is 31.7. The molecule has 0 spiro atoms. The van der Waals surface area contributed by atoms with Gasteiger partial charge in [-0.3, -0.25) is 9.59 Å². The molecule has 12 heteroatoms. The molecule has 2 amide bonds. The van der Waals surface area contributed by atoms with Crippen LogP contribution in [0.15, 0.2) is 30.5 Å². The minimum absolute atomic E-state index is 0.114. The molecule has 0 radical (unpaired) electrons. The highest BCUT2D eigenvalue weighted by atomic mass is 19.4. The summed E-state index contributed by atoms with van der Waals surface area (Å²) in [7, 11) is 1.06. The number of amides is 2. The molecule has 1 aromatic carbocycles. The van der Waals surface area contributed by atoms with Crippen molar-refractivity contribution in [3.05, 3.63) is 47.2 Å². The largest absolute Gasteiger partial charge is 0.406 e. The number of anilines is 3. The molecule has 2 aromatic rings. The van der Waals surface area contributed by atoms with Gasteiger partial charge in [-0.05, 0) is 43.9 Å². The predicted octanol–water partition coefficient (Wildman–Crippen LogP) is 4.13. The van der Waals surface area contributed by atoms with Crippen LogP contribution >= 0.6 is 0 Å². The lowest BCUT2D eigenvalue weighted by Crippen LogP contribution is -2.42. The number of carbonyl (C=O) groups excluding carboxylic acids is 2. The number of hydrogen-bond acceptors (Lipinski definition) is 7. The maximum atomic E-state index is 13.1. The molecule has 1 fully saturated rings. The van der Waals surface area contributed by atoms with Gasteiger partial charge in [0.15, 0.2) is 0 Å². The summed E-state index contributed by atoms with van der Waals surface area (Å²) < 4.78 is 43.6. The third kappa shape index (κ3) is 6.37. The normalized spacial score (nSPS) is 17.4. The van der Waals surface area contributed by atoms with Gasteiger partial charge in [0.25, 0.3) is 5.91 Å². The highest BCUT2D eigenvalue weighted by molar-refractivity contribution is 6.06. The van der Waals surface area contributed by atoms with Gasteiger partial charge in [-0.2, -0.15) is 13.2 Å². The maximum absolute atomic E-state index is 13.1.